The first-order chi connectivity index (χ1) is 13.5. The molecule has 2 aromatic carbocycles. The molecule has 1 aromatic heterocycles. The highest BCUT2D eigenvalue weighted by Gasteiger charge is 2.18. The highest BCUT2D eigenvalue weighted by molar-refractivity contribution is 5.89. The molecule has 0 aliphatic rings. The van der Waals surface area contributed by atoms with Crippen LogP contribution >= 0.6 is 0 Å². The van der Waals surface area contributed by atoms with Gasteiger partial charge in [-0.25, -0.2) is 4.79 Å². The van der Waals surface area contributed by atoms with Gasteiger partial charge in [-0.1, -0.05) is 42.0 Å². The minimum absolute atomic E-state index is 0.232. The third kappa shape index (κ3) is 4.40. The Labute approximate surface area is 162 Å². The number of ether oxygens (including phenoxy) is 1. The SMILES string of the molecule is COC(=O)c1ccc(CNC(=O)C(C)n2nnc(-c3ccc(C)cc3)n2)cc1. The number of nitrogens with one attached hydrogen (secondary N) is 1. The Morgan fingerprint density at radius 1 is 1.11 bits per heavy atom. The number of rotatable bonds is 6. The second-order valence-electron chi connectivity index (χ2n) is 6.38. The van der Waals surface area contributed by atoms with Crippen molar-refractivity contribution >= 4 is 11.9 Å². The summed E-state index contributed by atoms with van der Waals surface area (Å²) in [7, 11) is 1.33. The number of tetrazole rings is 1. The quantitative estimate of drug-likeness (QED) is 0.660. The molecule has 3 rings (SSSR count). The van der Waals surface area contributed by atoms with Crippen LogP contribution < -0.4 is 5.32 Å². The van der Waals surface area contributed by atoms with E-state index in [0.717, 1.165) is 16.7 Å². The maximum atomic E-state index is 12.4. The Balaban J connectivity index is 1.60. The molecule has 0 aliphatic carbocycles. The van der Waals surface area contributed by atoms with Gasteiger partial charge < -0.3 is 10.1 Å². The van der Waals surface area contributed by atoms with E-state index in [1.165, 1.54) is 11.9 Å². The highest BCUT2D eigenvalue weighted by Crippen LogP contribution is 2.15. The maximum absolute atomic E-state index is 12.4. The van der Waals surface area contributed by atoms with Crippen molar-refractivity contribution in [3.63, 3.8) is 0 Å². The summed E-state index contributed by atoms with van der Waals surface area (Å²) in [5.74, 6) is -0.159. The summed E-state index contributed by atoms with van der Waals surface area (Å²) in [4.78, 5) is 25.2. The lowest BCUT2D eigenvalue weighted by Gasteiger charge is -2.11. The first-order valence-electron chi connectivity index (χ1n) is 8.79. The average molecular weight is 379 g/mol. The van der Waals surface area contributed by atoms with Crippen LogP contribution in [0.5, 0.6) is 0 Å². The first kappa shape index (κ1) is 19.2. The number of hydrogen-bond donors (Lipinski definition) is 1. The number of carbonyl (C=O) groups is 2. The summed E-state index contributed by atoms with van der Waals surface area (Å²) in [5.41, 5.74) is 3.31. The van der Waals surface area contributed by atoms with E-state index in [1.807, 2.05) is 31.2 Å². The number of aryl methyl sites for hydroxylation is 1. The van der Waals surface area contributed by atoms with Gasteiger partial charge in [0.2, 0.25) is 11.7 Å². The van der Waals surface area contributed by atoms with Crippen LogP contribution in [-0.4, -0.2) is 39.2 Å². The molecule has 1 N–H and O–H groups in total. The minimum atomic E-state index is -0.610. The minimum Gasteiger partial charge on any atom is -0.465 e. The molecule has 0 aliphatic heterocycles. The number of hydrogen-bond acceptors (Lipinski definition) is 6. The summed E-state index contributed by atoms with van der Waals surface area (Å²) in [5, 5.41) is 15.2. The fourth-order valence-corrected chi connectivity index (χ4v) is 2.53. The Hall–Kier alpha value is -3.55. The molecule has 0 saturated heterocycles. The number of methoxy groups -OCH3 is 1. The standard InChI is InChI=1S/C20H21N5O3/c1-13-4-8-16(9-5-13)18-22-24-25(23-18)14(2)19(26)21-12-15-6-10-17(11-7-15)20(27)28-3/h4-11,14H,12H2,1-3H3,(H,21,26). The molecule has 8 nitrogen and oxygen atoms in total. The van der Waals surface area contributed by atoms with E-state index < -0.39 is 12.0 Å². The van der Waals surface area contributed by atoms with Crippen molar-refractivity contribution in [3.8, 4) is 11.4 Å². The predicted octanol–water partition coefficient (Wildman–Crippen LogP) is 2.31. The van der Waals surface area contributed by atoms with Crippen molar-refractivity contribution in [1.82, 2.24) is 25.5 Å². The van der Waals surface area contributed by atoms with Crippen LogP contribution in [0.4, 0.5) is 0 Å². The van der Waals surface area contributed by atoms with Crippen LogP contribution in [0, 0.1) is 6.92 Å². The molecule has 0 spiro atoms. The van der Waals surface area contributed by atoms with E-state index in [2.05, 4.69) is 25.5 Å². The van der Waals surface area contributed by atoms with Gasteiger partial charge in [-0.15, -0.1) is 10.2 Å². The Bertz CT molecular complexity index is 964. The van der Waals surface area contributed by atoms with E-state index in [-0.39, 0.29) is 5.91 Å². The lowest BCUT2D eigenvalue weighted by Crippen LogP contribution is -2.31. The lowest BCUT2D eigenvalue weighted by molar-refractivity contribution is -0.124. The molecular formula is C20H21N5O3. The Kier molecular flexibility index (Phi) is 5.78. The van der Waals surface area contributed by atoms with Gasteiger partial charge >= 0.3 is 5.97 Å². The topological polar surface area (TPSA) is 99.0 Å². The van der Waals surface area contributed by atoms with Gasteiger partial charge in [0.05, 0.1) is 12.7 Å². The smallest absolute Gasteiger partial charge is 0.337 e. The van der Waals surface area contributed by atoms with Crippen LogP contribution in [0.15, 0.2) is 48.5 Å². The van der Waals surface area contributed by atoms with Crippen molar-refractivity contribution in [2.24, 2.45) is 0 Å². The largest absolute Gasteiger partial charge is 0.465 e. The van der Waals surface area contributed by atoms with Gasteiger partial charge in [0.1, 0.15) is 6.04 Å². The lowest BCUT2D eigenvalue weighted by atomic mass is 10.1. The Morgan fingerprint density at radius 3 is 2.43 bits per heavy atom. The van der Waals surface area contributed by atoms with Crippen LogP contribution in [0.1, 0.15) is 34.5 Å². The van der Waals surface area contributed by atoms with E-state index in [0.29, 0.717) is 17.9 Å². The van der Waals surface area contributed by atoms with Gasteiger partial charge in [-0.2, -0.15) is 4.80 Å². The third-order valence-electron chi connectivity index (χ3n) is 4.31. The summed E-state index contributed by atoms with van der Waals surface area (Å²) < 4.78 is 4.66. The molecule has 0 fully saturated rings. The van der Waals surface area contributed by atoms with Crippen molar-refractivity contribution < 1.29 is 14.3 Å². The zero-order valence-electron chi connectivity index (χ0n) is 15.9. The van der Waals surface area contributed by atoms with Crippen LogP contribution in [0.25, 0.3) is 11.4 Å². The zero-order valence-corrected chi connectivity index (χ0v) is 15.9. The average Bonchev–Trinajstić information content (AvgIpc) is 3.22. The molecule has 1 unspecified atom stereocenters. The van der Waals surface area contributed by atoms with E-state index in [4.69, 9.17) is 0 Å². The second kappa shape index (κ2) is 8.43. The van der Waals surface area contributed by atoms with Crippen LogP contribution in [0.2, 0.25) is 0 Å². The van der Waals surface area contributed by atoms with Crippen LogP contribution in [0.3, 0.4) is 0 Å². The van der Waals surface area contributed by atoms with E-state index in [9.17, 15) is 9.59 Å². The van der Waals surface area contributed by atoms with Gasteiger partial charge in [0.25, 0.3) is 0 Å². The van der Waals surface area contributed by atoms with E-state index >= 15 is 0 Å². The van der Waals surface area contributed by atoms with Crippen molar-refractivity contribution in [2.75, 3.05) is 7.11 Å². The van der Waals surface area contributed by atoms with Crippen molar-refractivity contribution in [2.45, 2.75) is 26.4 Å². The molecule has 1 heterocycles. The molecule has 0 bridgehead atoms. The van der Waals surface area contributed by atoms with Gasteiger partial charge in [0, 0.05) is 12.1 Å². The monoisotopic (exact) mass is 379 g/mol. The maximum Gasteiger partial charge on any atom is 0.337 e. The number of esters is 1. The third-order valence-corrected chi connectivity index (χ3v) is 4.31. The number of benzene rings is 2. The van der Waals surface area contributed by atoms with Crippen LogP contribution in [-0.2, 0) is 16.1 Å². The van der Waals surface area contributed by atoms with Gasteiger partial charge in [-0.05, 0) is 36.8 Å². The molecule has 3 aromatic rings. The van der Waals surface area contributed by atoms with Gasteiger partial charge in [-0.3, -0.25) is 4.79 Å². The number of aromatic nitrogens is 4. The second-order valence-corrected chi connectivity index (χ2v) is 6.38. The molecule has 1 amide bonds. The first-order valence-corrected chi connectivity index (χ1v) is 8.79. The summed E-state index contributed by atoms with van der Waals surface area (Å²) in [6.07, 6.45) is 0. The normalized spacial score (nSPS) is 11.7. The number of amides is 1. The van der Waals surface area contributed by atoms with Gasteiger partial charge in [0.15, 0.2) is 0 Å². The molecule has 144 valence electrons. The van der Waals surface area contributed by atoms with Crippen molar-refractivity contribution in [1.29, 1.82) is 0 Å². The molecular weight excluding hydrogens is 358 g/mol. The molecule has 1 atom stereocenters. The van der Waals surface area contributed by atoms with Crippen molar-refractivity contribution in [3.05, 3.63) is 65.2 Å². The van der Waals surface area contributed by atoms with E-state index in [1.54, 1.807) is 31.2 Å². The highest BCUT2D eigenvalue weighted by atomic mass is 16.5. The fourth-order valence-electron chi connectivity index (χ4n) is 2.53. The fraction of sp³-hybridized carbons (Fsp3) is 0.250. The molecule has 28 heavy (non-hydrogen) atoms. The number of carbonyl (C=O) groups excluding carboxylic acids is 2. The predicted molar refractivity (Wildman–Crippen MR) is 102 cm³/mol. The Morgan fingerprint density at radius 2 is 1.79 bits per heavy atom. The summed E-state index contributed by atoms with van der Waals surface area (Å²) >= 11 is 0. The number of nitrogens with zero attached hydrogens (tertiary/aromatic N) is 4. The summed E-state index contributed by atoms with van der Waals surface area (Å²) in [6, 6.07) is 14.0. The molecule has 0 radical (unpaired) electrons. The summed E-state index contributed by atoms with van der Waals surface area (Å²) in [6.45, 7) is 4.03. The molecule has 0 saturated carbocycles. The molecule has 8 heteroatoms. The zero-order chi connectivity index (χ0) is 20.1.